The molecule has 0 aliphatic heterocycles. The number of amides is 2. The summed E-state index contributed by atoms with van der Waals surface area (Å²) in [4.78, 5) is 25.9. The second-order valence-corrected chi connectivity index (χ2v) is 7.23. The summed E-state index contributed by atoms with van der Waals surface area (Å²) in [5.74, 6) is 0.231. The van der Waals surface area contributed by atoms with Crippen LogP contribution in [0.3, 0.4) is 0 Å². The average molecular weight is 470 g/mol. The lowest BCUT2D eigenvalue weighted by molar-refractivity contribution is -0.129. The fraction of sp³-hybridized carbons (Fsp3) is 0.222. The molecule has 0 saturated heterocycles. The number of hydrogen-bond acceptors (Lipinski definition) is 3. The lowest BCUT2D eigenvalue weighted by Gasteiger charge is -2.19. The molecule has 132 valence electrons. The predicted molar refractivity (Wildman–Crippen MR) is 104 cm³/mol. The van der Waals surface area contributed by atoms with Crippen molar-refractivity contribution in [1.82, 2.24) is 10.2 Å². The van der Waals surface area contributed by atoms with Gasteiger partial charge < -0.3 is 15.0 Å². The Morgan fingerprint density at radius 1 is 1.12 bits per heavy atom. The highest BCUT2D eigenvalue weighted by Crippen LogP contribution is 2.24. The summed E-state index contributed by atoms with van der Waals surface area (Å²) in [6, 6.07) is 12.6. The lowest BCUT2D eigenvalue weighted by atomic mass is 10.2. The van der Waals surface area contributed by atoms with Gasteiger partial charge in [0.2, 0.25) is 5.91 Å². The van der Waals surface area contributed by atoms with Crippen LogP contribution >= 0.6 is 31.9 Å². The molecule has 2 aromatic rings. The van der Waals surface area contributed by atoms with E-state index in [-0.39, 0.29) is 18.4 Å². The molecule has 7 heteroatoms. The Hall–Kier alpha value is -1.86. The van der Waals surface area contributed by atoms with Gasteiger partial charge >= 0.3 is 0 Å². The van der Waals surface area contributed by atoms with Crippen LogP contribution in [0.25, 0.3) is 0 Å². The van der Waals surface area contributed by atoms with Crippen molar-refractivity contribution in [3.05, 3.63) is 62.5 Å². The van der Waals surface area contributed by atoms with Crippen LogP contribution in [0.2, 0.25) is 0 Å². The Bertz CT molecular complexity index is 781. The molecule has 0 atom stereocenters. The number of ether oxygens (including phenoxy) is 1. The zero-order chi connectivity index (χ0) is 18.4. The predicted octanol–water partition coefficient (Wildman–Crippen LogP) is 3.61. The Balaban J connectivity index is 1.94. The number of halogens is 2. The molecule has 0 fully saturated rings. The third-order valence-electron chi connectivity index (χ3n) is 3.56. The summed E-state index contributed by atoms with van der Waals surface area (Å²) in [5, 5.41) is 2.64. The third-order valence-corrected chi connectivity index (χ3v) is 4.55. The monoisotopic (exact) mass is 468 g/mol. The maximum absolute atomic E-state index is 12.3. The molecule has 0 aliphatic carbocycles. The highest BCUT2D eigenvalue weighted by molar-refractivity contribution is 9.10. The molecule has 1 N–H and O–H groups in total. The molecule has 2 amide bonds. The van der Waals surface area contributed by atoms with E-state index < -0.39 is 0 Å². The Labute approximate surface area is 163 Å². The van der Waals surface area contributed by atoms with Gasteiger partial charge in [0.05, 0.1) is 13.7 Å². The lowest BCUT2D eigenvalue weighted by Crippen LogP contribution is -2.37. The van der Waals surface area contributed by atoms with Crippen LogP contribution in [-0.2, 0) is 11.3 Å². The Morgan fingerprint density at radius 3 is 2.52 bits per heavy atom. The molecule has 2 aromatic carbocycles. The summed E-state index contributed by atoms with van der Waals surface area (Å²) < 4.78 is 7.04. The van der Waals surface area contributed by atoms with E-state index in [1.807, 2.05) is 24.3 Å². The first-order valence-electron chi connectivity index (χ1n) is 7.51. The standard InChI is InChI=1S/C18H18Br2N2O3/c1-22(11-13-9-15(20)6-7-16(13)25-2)17(23)10-21-18(24)12-4-3-5-14(19)8-12/h3-9H,10-11H2,1-2H3,(H,21,24). The van der Waals surface area contributed by atoms with Crippen LogP contribution in [0, 0.1) is 0 Å². The molecule has 0 aliphatic rings. The van der Waals surface area contributed by atoms with Crippen molar-refractivity contribution in [2.24, 2.45) is 0 Å². The number of carbonyl (C=O) groups excluding carboxylic acids is 2. The van der Waals surface area contributed by atoms with Gasteiger partial charge in [-0.2, -0.15) is 0 Å². The number of carbonyl (C=O) groups is 2. The van der Waals surface area contributed by atoms with Crippen LogP contribution < -0.4 is 10.1 Å². The number of likely N-dealkylation sites (N-methyl/N-ethyl adjacent to an activating group) is 1. The van der Waals surface area contributed by atoms with Crippen molar-refractivity contribution in [2.45, 2.75) is 6.54 Å². The molecule has 0 bridgehead atoms. The fourth-order valence-corrected chi connectivity index (χ4v) is 3.04. The van der Waals surface area contributed by atoms with Crippen LogP contribution in [0.4, 0.5) is 0 Å². The summed E-state index contributed by atoms with van der Waals surface area (Å²) in [6.45, 7) is 0.312. The minimum atomic E-state index is -0.289. The minimum Gasteiger partial charge on any atom is -0.496 e. The smallest absolute Gasteiger partial charge is 0.251 e. The first-order chi connectivity index (χ1) is 11.9. The molecule has 2 rings (SSSR count). The second-order valence-electron chi connectivity index (χ2n) is 5.40. The van der Waals surface area contributed by atoms with Gasteiger partial charge in [0.1, 0.15) is 5.75 Å². The summed E-state index contributed by atoms with van der Waals surface area (Å²) in [6.07, 6.45) is 0. The number of hydrogen-bond donors (Lipinski definition) is 1. The van der Waals surface area contributed by atoms with E-state index in [9.17, 15) is 9.59 Å². The molecule has 0 radical (unpaired) electrons. The Kier molecular flexibility index (Phi) is 7.01. The number of methoxy groups -OCH3 is 1. The molecule has 0 saturated carbocycles. The van der Waals surface area contributed by atoms with Crippen molar-refractivity contribution in [2.75, 3.05) is 20.7 Å². The largest absolute Gasteiger partial charge is 0.496 e. The van der Waals surface area contributed by atoms with E-state index in [2.05, 4.69) is 37.2 Å². The first-order valence-corrected chi connectivity index (χ1v) is 9.09. The number of benzene rings is 2. The van der Waals surface area contributed by atoms with E-state index in [4.69, 9.17) is 4.74 Å². The van der Waals surface area contributed by atoms with Gasteiger partial charge in [0, 0.05) is 33.7 Å². The second kappa shape index (κ2) is 9.01. The van der Waals surface area contributed by atoms with Gasteiger partial charge in [0.15, 0.2) is 0 Å². The number of nitrogens with zero attached hydrogens (tertiary/aromatic N) is 1. The maximum atomic E-state index is 12.3. The number of nitrogens with one attached hydrogen (secondary N) is 1. The van der Waals surface area contributed by atoms with Crippen LogP contribution in [0.1, 0.15) is 15.9 Å². The third kappa shape index (κ3) is 5.57. The Morgan fingerprint density at radius 2 is 1.84 bits per heavy atom. The van der Waals surface area contributed by atoms with Crippen LogP contribution in [0.15, 0.2) is 51.4 Å². The van der Waals surface area contributed by atoms with Crippen molar-refractivity contribution >= 4 is 43.7 Å². The summed E-state index contributed by atoms with van der Waals surface area (Å²) >= 11 is 6.73. The SMILES string of the molecule is COc1ccc(Br)cc1CN(C)C(=O)CNC(=O)c1cccc(Br)c1. The van der Waals surface area contributed by atoms with Gasteiger partial charge in [-0.25, -0.2) is 0 Å². The van der Waals surface area contributed by atoms with E-state index in [1.165, 1.54) is 0 Å². The minimum absolute atomic E-state index is 0.0713. The first kappa shape index (κ1) is 19.5. The van der Waals surface area contributed by atoms with Crippen LogP contribution in [0.5, 0.6) is 5.75 Å². The molecular weight excluding hydrogens is 452 g/mol. The van der Waals surface area contributed by atoms with Gasteiger partial charge in [-0.15, -0.1) is 0 Å². The molecule has 0 heterocycles. The molecule has 5 nitrogen and oxygen atoms in total. The normalized spacial score (nSPS) is 10.2. The van der Waals surface area contributed by atoms with Crippen molar-refractivity contribution in [3.8, 4) is 5.75 Å². The number of rotatable bonds is 6. The quantitative estimate of drug-likeness (QED) is 0.703. The van der Waals surface area contributed by atoms with Crippen molar-refractivity contribution in [3.63, 3.8) is 0 Å². The molecule has 0 aromatic heterocycles. The van der Waals surface area contributed by atoms with Crippen molar-refractivity contribution in [1.29, 1.82) is 0 Å². The zero-order valence-corrected chi connectivity index (χ0v) is 17.1. The highest BCUT2D eigenvalue weighted by atomic mass is 79.9. The fourth-order valence-electron chi connectivity index (χ4n) is 2.24. The van der Waals surface area contributed by atoms with Gasteiger partial charge in [-0.1, -0.05) is 37.9 Å². The van der Waals surface area contributed by atoms with Gasteiger partial charge in [0.25, 0.3) is 5.91 Å². The molecule has 25 heavy (non-hydrogen) atoms. The molecule has 0 spiro atoms. The van der Waals surface area contributed by atoms with Crippen LogP contribution in [-0.4, -0.2) is 37.4 Å². The maximum Gasteiger partial charge on any atom is 0.251 e. The van der Waals surface area contributed by atoms with E-state index in [1.54, 1.807) is 37.3 Å². The molecule has 0 unspecified atom stereocenters. The average Bonchev–Trinajstić information content (AvgIpc) is 2.59. The summed E-state index contributed by atoms with van der Waals surface area (Å²) in [7, 11) is 3.28. The zero-order valence-electron chi connectivity index (χ0n) is 13.9. The topological polar surface area (TPSA) is 58.6 Å². The molecular formula is C18H18Br2N2O3. The van der Waals surface area contributed by atoms with Gasteiger partial charge in [-0.3, -0.25) is 9.59 Å². The highest BCUT2D eigenvalue weighted by Gasteiger charge is 2.14. The summed E-state index contributed by atoms with van der Waals surface area (Å²) in [5.41, 5.74) is 1.38. The van der Waals surface area contributed by atoms with Crippen molar-refractivity contribution < 1.29 is 14.3 Å². The van der Waals surface area contributed by atoms with E-state index >= 15 is 0 Å². The van der Waals surface area contributed by atoms with Gasteiger partial charge in [-0.05, 0) is 36.4 Å². The van der Waals surface area contributed by atoms with E-state index in [0.29, 0.717) is 17.9 Å². The van der Waals surface area contributed by atoms with E-state index in [0.717, 1.165) is 14.5 Å².